The van der Waals surface area contributed by atoms with Gasteiger partial charge in [-0.15, -0.1) is 11.3 Å². The fourth-order valence-electron chi connectivity index (χ4n) is 2.06. The first kappa shape index (κ1) is 17.0. The number of thiazole rings is 1. The normalized spacial score (nSPS) is 10.5. The summed E-state index contributed by atoms with van der Waals surface area (Å²) >= 11 is 1.53. The van der Waals surface area contributed by atoms with Crippen LogP contribution in [0, 0.1) is 11.3 Å². The fraction of sp³-hybridized carbons (Fsp3) is 0.353. The molecular weight excluding hydrogens is 310 g/mol. The average molecular weight is 329 g/mol. The molecule has 23 heavy (non-hydrogen) atoms. The van der Waals surface area contributed by atoms with Gasteiger partial charge in [0.15, 0.2) is 5.13 Å². The highest BCUT2D eigenvalue weighted by atomic mass is 32.1. The molecule has 2 rings (SSSR count). The van der Waals surface area contributed by atoms with E-state index in [1.54, 1.807) is 12.1 Å². The van der Waals surface area contributed by atoms with E-state index < -0.39 is 5.97 Å². The minimum Gasteiger partial charge on any atom is -0.481 e. The Morgan fingerprint density at radius 1 is 1.39 bits per heavy atom. The van der Waals surface area contributed by atoms with Crippen molar-refractivity contribution in [1.82, 2.24) is 4.98 Å². The van der Waals surface area contributed by atoms with Gasteiger partial charge in [-0.3, -0.25) is 4.79 Å². The second-order valence-electron chi connectivity index (χ2n) is 5.58. The maximum Gasteiger partial charge on any atom is 0.305 e. The number of benzene rings is 1. The van der Waals surface area contributed by atoms with Gasteiger partial charge in [0, 0.05) is 18.5 Å². The van der Waals surface area contributed by atoms with Gasteiger partial charge >= 0.3 is 5.97 Å². The molecule has 120 valence electrons. The summed E-state index contributed by atoms with van der Waals surface area (Å²) in [7, 11) is 0. The van der Waals surface area contributed by atoms with Crippen molar-refractivity contribution in [2.24, 2.45) is 0 Å². The number of hydrogen-bond acceptors (Lipinski definition) is 5. The van der Waals surface area contributed by atoms with Crippen molar-refractivity contribution in [2.45, 2.75) is 32.7 Å². The van der Waals surface area contributed by atoms with Crippen molar-refractivity contribution < 1.29 is 9.90 Å². The van der Waals surface area contributed by atoms with E-state index in [2.05, 4.69) is 24.9 Å². The Morgan fingerprint density at radius 3 is 2.61 bits per heavy atom. The monoisotopic (exact) mass is 329 g/mol. The Bertz CT molecular complexity index is 701. The number of hydrogen-bond donors (Lipinski definition) is 1. The SMILES string of the molecule is CC(C)c1csc(N(CCC(=O)O)Cc2ccc(C#N)cc2)n1. The van der Waals surface area contributed by atoms with Crippen molar-refractivity contribution in [3.05, 3.63) is 46.5 Å². The van der Waals surface area contributed by atoms with Crippen LogP contribution in [0.3, 0.4) is 0 Å². The molecule has 0 saturated heterocycles. The summed E-state index contributed by atoms with van der Waals surface area (Å²) in [5, 5.41) is 20.7. The molecule has 1 N–H and O–H groups in total. The van der Waals surface area contributed by atoms with Gasteiger partial charge in [-0.05, 0) is 23.6 Å². The lowest BCUT2D eigenvalue weighted by Crippen LogP contribution is -2.25. The first-order chi connectivity index (χ1) is 11.0. The molecule has 6 heteroatoms. The Kier molecular flexibility index (Phi) is 5.72. The van der Waals surface area contributed by atoms with Crippen molar-refractivity contribution in [3.63, 3.8) is 0 Å². The zero-order valence-corrected chi connectivity index (χ0v) is 14.0. The van der Waals surface area contributed by atoms with Crippen LogP contribution >= 0.6 is 11.3 Å². The molecule has 0 aliphatic rings. The Morgan fingerprint density at radius 2 is 2.09 bits per heavy atom. The number of carboxylic acids is 1. The van der Waals surface area contributed by atoms with Crippen LogP contribution < -0.4 is 4.90 Å². The van der Waals surface area contributed by atoms with E-state index >= 15 is 0 Å². The molecule has 0 atom stereocenters. The predicted octanol–water partition coefficient (Wildman–Crippen LogP) is 3.62. The molecule has 0 radical (unpaired) electrons. The first-order valence-electron chi connectivity index (χ1n) is 7.40. The summed E-state index contributed by atoms with van der Waals surface area (Å²) in [6.07, 6.45) is 0.0624. The lowest BCUT2D eigenvalue weighted by atomic mass is 10.1. The third kappa shape index (κ3) is 4.80. The van der Waals surface area contributed by atoms with E-state index in [0.29, 0.717) is 24.6 Å². The van der Waals surface area contributed by atoms with Crippen molar-refractivity contribution in [2.75, 3.05) is 11.4 Å². The van der Waals surface area contributed by atoms with Crippen LogP contribution in [0.2, 0.25) is 0 Å². The lowest BCUT2D eigenvalue weighted by Gasteiger charge is -2.21. The van der Waals surface area contributed by atoms with Crippen LogP contribution in [-0.4, -0.2) is 22.6 Å². The van der Waals surface area contributed by atoms with Gasteiger partial charge < -0.3 is 10.0 Å². The molecule has 0 amide bonds. The van der Waals surface area contributed by atoms with Gasteiger partial charge in [-0.25, -0.2) is 4.98 Å². The van der Waals surface area contributed by atoms with Gasteiger partial charge in [-0.1, -0.05) is 26.0 Å². The van der Waals surface area contributed by atoms with Crippen LogP contribution in [0.1, 0.15) is 43.0 Å². The minimum atomic E-state index is -0.824. The maximum absolute atomic E-state index is 10.9. The number of anilines is 1. The summed E-state index contributed by atoms with van der Waals surface area (Å²) in [4.78, 5) is 17.5. The number of carboxylic acid groups (broad SMARTS) is 1. The lowest BCUT2D eigenvalue weighted by molar-refractivity contribution is -0.136. The molecular formula is C17H19N3O2S. The molecule has 0 aliphatic carbocycles. The van der Waals surface area contributed by atoms with Gasteiger partial charge in [0.05, 0.1) is 23.7 Å². The van der Waals surface area contributed by atoms with Crippen LogP contribution in [0.25, 0.3) is 0 Å². The van der Waals surface area contributed by atoms with Crippen LogP contribution in [0.5, 0.6) is 0 Å². The van der Waals surface area contributed by atoms with Crippen molar-refractivity contribution >= 4 is 22.4 Å². The maximum atomic E-state index is 10.9. The Labute approximate surface area is 139 Å². The van der Waals surface area contributed by atoms with E-state index in [1.165, 1.54) is 11.3 Å². The molecule has 0 aliphatic heterocycles. The van der Waals surface area contributed by atoms with E-state index in [0.717, 1.165) is 16.4 Å². The highest BCUT2D eigenvalue weighted by Crippen LogP contribution is 2.26. The molecule has 0 bridgehead atoms. The Hall–Kier alpha value is -2.39. The standard InChI is InChI=1S/C17H19N3O2S/c1-12(2)15-11-23-17(19-15)20(8-7-16(21)22)10-14-5-3-13(9-18)4-6-14/h3-6,11-12H,7-8,10H2,1-2H3,(H,21,22). The molecule has 0 spiro atoms. The molecule has 1 aromatic heterocycles. The van der Waals surface area contributed by atoms with Crippen LogP contribution in [0.15, 0.2) is 29.6 Å². The van der Waals surface area contributed by atoms with Crippen LogP contribution in [0.4, 0.5) is 5.13 Å². The summed E-state index contributed by atoms with van der Waals surface area (Å²) < 4.78 is 0. The largest absolute Gasteiger partial charge is 0.481 e. The Balaban J connectivity index is 2.18. The van der Waals surface area contributed by atoms with E-state index in [-0.39, 0.29) is 6.42 Å². The number of aliphatic carboxylic acids is 1. The number of carbonyl (C=O) groups is 1. The van der Waals surface area contributed by atoms with E-state index in [1.807, 2.05) is 22.4 Å². The van der Waals surface area contributed by atoms with Crippen LogP contribution in [-0.2, 0) is 11.3 Å². The van der Waals surface area contributed by atoms with Crippen molar-refractivity contribution in [1.29, 1.82) is 5.26 Å². The molecule has 2 aromatic rings. The third-order valence-corrected chi connectivity index (χ3v) is 4.34. The minimum absolute atomic E-state index is 0.0624. The second kappa shape index (κ2) is 7.75. The second-order valence-corrected chi connectivity index (χ2v) is 6.42. The van der Waals surface area contributed by atoms with Crippen molar-refractivity contribution in [3.8, 4) is 6.07 Å². The van der Waals surface area contributed by atoms with E-state index in [4.69, 9.17) is 10.4 Å². The zero-order valence-electron chi connectivity index (χ0n) is 13.2. The van der Waals surface area contributed by atoms with Gasteiger partial charge in [-0.2, -0.15) is 5.26 Å². The molecule has 5 nitrogen and oxygen atoms in total. The number of nitrogens with zero attached hydrogens (tertiary/aromatic N) is 3. The number of rotatable bonds is 7. The van der Waals surface area contributed by atoms with E-state index in [9.17, 15) is 4.79 Å². The van der Waals surface area contributed by atoms with Gasteiger partial charge in [0.25, 0.3) is 0 Å². The molecule has 1 aromatic carbocycles. The third-order valence-electron chi connectivity index (χ3n) is 3.42. The highest BCUT2D eigenvalue weighted by molar-refractivity contribution is 7.13. The quantitative estimate of drug-likeness (QED) is 0.839. The topological polar surface area (TPSA) is 77.2 Å². The van der Waals surface area contributed by atoms with Gasteiger partial charge in [0.1, 0.15) is 0 Å². The average Bonchev–Trinajstić information content (AvgIpc) is 3.02. The smallest absolute Gasteiger partial charge is 0.305 e. The first-order valence-corrected chi connectivity index (χ1v) is 8.28. The molecule has 0 fully saturated rings. The fourth-order valence-corrected chi connectivity index (χ4v) is 3.08. The van der Waals surface area contributed by atoms with Gasteiger partial charge in [0.2, 0.25) is 0 Å². The number of aromatic nitrogens is 1. The summed E-state index contributed by atoms with van der Waals surface area (Å²) in [5.41, 5.74) is 2.66. The summed E-state index contributed by atoms with van der Waals surface area (Å²) in [5.74, 6) is -0.480. The highest BCUT2D eigenvalue weighted by Gasteiger charge is 2.14. The molecule has 0 saturated carbocycles. The zero-order chi connectivity index (χ0) is 16.8. The summed E-state index contributed by atoms with van der Waals surface area (Å²) in [6.45, 7) is 5.15. The molecule has 0 unspecified atom stereocenters. The summed E-state index contributed by atoms with van der Waals surface area (Å²) in [6, 6.07) is 9.42. The number of nitriles is 1. The molecule has 1 heterocycles. The predicted molar refractivity (Wildman–Crippen MR) is 90.7 cm³/mol.